The number of pyridine rings is 2. The van der Waals surface area contributed by atoms with E-state index in [-0.39, 0.29) is 33.8 Å². The van der Waals surface area contributed by atoms with Crippen molar-refractivity contribution in [2.75, 3.05) is 7.11 Å². The van der Waals surface area contributed by atoms with Gasteiger partial charge in [-0.05, 0) is 60.7 Å². The Hall–Kier alpha value is -5.31. The predicted molar refractivity (Wildman–Crippen MR) is 133 cm³/mol. The largest absolute Gasteiger partial charge is 0.490 e. The molecule has 2 aromatic carbocycles. The number of esters is 2. The highest BCUT2D eigenvalue weighted by Crippen LogP contribution is 2.34. The van der Waals surface area contributed by atoms with E-state index < -0.39 is 17.4 Å². The number of methoxy groups -OCH3 is 1. The van der Waals surface area contributed by atoms with E-state index in [1.54, 1.807) is 66.9 Å². The quantitative estimate of drug-likeness (QED) is 0.244. The molecule has 0 spiro atoms. The molecule has 0 aliphatic rings. The Bertz CT molecular complexity index is 1650. The van der Waals surface area contributed by atoms with Crippen LogP contribution in [0.4, 0.5) is 0 Å². The average Bonchev–Trinajstić information content (AvgIpc) is 2.94. The molecule has 9 heteroatoms. The second-order valence-electron chi connectivity index (χ2n) is 7.71. The van der Waals surface area contributed by atoms with Crippen LogP contribution >= 0.6 is 0 Å². The number of carbonyl (C=O) groups excluding carboxylic acids is 2. The number of hydrogen-bond acceptors (Lipinski definition) is 9. The van der Waals surface area contributed by atoms with Crippen molar-refractivity contribution in [3.05, 3.63) is 113 Å². The monoisotopic (exact) mass is 494 g/mol. The van der Waals surface area contributed by atoms with Crippen molar-refractivity contribution in [3.63, 3.8) is 0 Å². The highest BCUT2D eigenvalue weighted by atomic mass is 16.5. The van der Waals surface area contributed by atoms with E-state index in [2.05, 4.69) is 9.97 Å². The van der Waals surface area contributed by atoms with Crippen molar-refractivity contribution in [3.8, 4) is 28.6 Å². The third kappa shape index (κ3) is 4.78. The van der Waals surface area contributed by atoms with E-state index in [1.165, 1.54) is 31.8 Å². The molecule has 182 valence electrons. The lowest BCUT2D eigenvalue weighted by molar-refractivity contribution is 0.0725. The van der Waals surface area contributed by atoms with Crippen molar-refractivity contribution in [2.45, 2.75) is 0 Å². The summed E-state index contributed by atoms with van der Waals surface area (Å²) in [5.74, 6) is -0.797. The Kier molecular flexibility index (Phi) is 6.41. The first-order valence-electron chi connectivity index (χ1n) is 11.0. The Labute approximate surface area is 209 Å². The van der Waals surface area contributed by atoms with E-state index in [0.29, 0.717) is 16.9 Å². The number of ether oxygens (including phenoxy) is 3. The van der Waals surface area contributed by atoms with Gasteiger partial charge < -0.3 is 18.6 Å². The lowest BCUT2D eigenvalue weighted by Crippen LogP contribution is -2.13. The molecular weight excluding hydrogens is 476 g/mol. The molecule has 0 unspecified atom stereocenters. The van der Waals surface area contributed by atoms with E-state index in [4.69, 9.17) is 18.6 Å². The number of nitrogens with zero attached hydrogens (tertiary/aromatic N) is 2. The number of benzene rings is 2. The first kappa shape index (κ1) is 23.4. The summed E-state index contributed by atoms with van der Waals surface area (Å²) in [5.41, 5.74) is 0.741. The van der Waals surface area contributed by atoms with Gasteiger partial charge in [0.15, 0.2) is 5.76 Å². The zero-order chi connectivity index (χ0) is 25.8. The summed E-state index contributed by atoms with van der Waals surface area (Å²) in [4.78, 5) is 46.0. The lowest BCUT2D eigenvalue weighted by atomic mass is 10.1. The molecule has 3 heterocycles. The maximum Gasteiger partial charge on any atom is 0.345 e. The fourth-order valence-electron chi connectivity index (χ4n) is 3.62. The molecule has 0 amide bonds. The van der Waals surface area contributed by atoms with Gasteiger partial charge in [0.2, 0.25) is 11.2 Å². The first-order valence-corrected chi connectivity index (χ1v) is 11.0. The molecule has 0 aliphatic heterocycles. The maximum atomic E-state index is 13.4. The maximum absolute atomic E-state index is 13.4. The van der Waals surface area contributed by atoms with Crippen LogP contribution in [0.15, 0.2) is 101 Å². The van der Waals surface area contributed by atoms with E-state index in [1.807, 2.05) is 0 Å². The Morgan fingerprint density at radius 1 is 0.784 bits per heavy atom. The highest BCUT2D eigenvalue weighted by Gasteiger charge is 2.21. The van der Waals surface area contributed by atoms with Gasteiger partial charge in [0.25, 0.3) is 0 Å². The molecule has 0 saturated carbocycles. The zero-order valence-electron chi connectivity index (χ0n) is 19.4. The fraction of sp³-hybridized carbons (Fsp3) is 0.0357. The number of hydrogen-bond donors (Lipinski definition) is 0. The summed E-state index contributed by atoms with van der Waals surface area (Å²) in [6.07, 6.45) is 5.87. The average molecular weight is 494 g/mol. The summed E-state index contributed by atoms with van der Waals surface area (Å²) in [6.45, 7) is 0. The molecule has 0 N–H and O–H groups in total. The fourth-order valence-corrected chi connectivity index (χ4v) is 3.62. The minimum atomic E-state index is -0.667. The van der Waals surface area contributed by atoms with Crippen molar-refractivity contribution in [1.29, 1.82) is 0 Å². The molecule has 0 fully saturated rings. The molecule has 0 aliphatic carbocycles. The van der Waals surface area contributed by atoms with E-state index >= 15 is 0 Å². The highest BCUT2D eigenvalue weighted by molar-refractivity contribution is 5.95. The van der Waals surface area contributed by atoms with Crippen LogP contribution in [0.5, 0.6) is 17.2 Å². The van der Waals surface area contributed by atoms with Gasteiger partial charge in [-0.25, -0.2) is 9.59 Å². The second-order valence-corrected chi connectivity index (χ2v) is 7.71. The summed E-state index contributed by atoms with van der Waals surface area (Å²) < 4.78 is 22.3. The molecule has 0 radical (unpaired) electrons. The molecule has 3 aromatic heterocycles. The van der Waals surface area contributed by atoms with Gasteiger partial charge in [0, 0.05) is 30.4 Å². The van der Waals surface area contributed by atoms with Gasteiger partial charge in [-0.2, -0.15) is 0 Å². The van der Waals surface area contributed by atoms with Crippen LogP contribution in [0.25, 0.3) is 22.3 Å². The minimum absolute atomic E-state index is 0.0302. The smallest absolute Gasteiger partial charge is 0.345 e. The third-order valence-electron chi connectivity index (χ3n) is 5.37. The Morgan fingerprint density at radius 2 is 1.43 bits per heavy atom. The van der Waals surface area contributed by atoms with Gasteiger partial charge >= 0.3 is 11.9 Å². The number of aromatic nitrogens is 2. The van der Waals surface area contributed by atoms with Gasteiger partial charge in [-0.15, -0.1) is 0 Å². The van der Waals surface area contributed by atoms with Crippen molar-refractivity contribution >= 4 is 22.9 Å². The molecule has 0 bridgehead atoms. The van der Waals surface area contributed by atoms with Crippen LogP contribution in [-0.4, -0.2) is 29.0 Å². The van der Waals surface area contributed by atoms with Crippen molar-refractivity contribution < 1.29 is 28.2 Å². The summed E-state index contributed by atoms with van der Waals surface area (Å²) in [5, 5.41) is 0.0577. The number of rotatable bonds is 6. The zero-order valence-corrected chi connectivity index (χ0v) is 19.4. The SMILES string of the molecule is COc1c(-c2ccc(OC(=O)c3cccnc3)cc2)oc2cccc(OC(=O)c3cccnc3)c2c1=O. The van der Waals surface area contributed by atoms with Gasteiger partial charge in [-0.1, -0.05) is 6.07 Å². The molecular formula is C28H18N2O7. The van der Waals surface area contributed by atoms with Gasteiger partial charge in [0.1, 0.15) is 22.5 Å². The van der Waals surface area contributed by atoms with Gasteiger partial charge in [-0.3, -0.25) is 14.8 Å². The van der Waals surface area contributed by atoms with E-state index in [0.717, 1.165) is 0 Å². The minimum Gasteiger partial charge on any atom is -0.490 e. The molecule has 37 heavy (non-hydrogen) atoms. The molecule has 9 nitrogen and oxygen atoms in total. The normalized spacial score (nSPS) is 10.6. The number of fused-ring (bicyclic) bond motifs is 1. The summed E-state index contributed by atoms with van der Waals surface area (Å²) in [6, 6.07) is 17.5. The van der Waals surface area contributed by atoms with Crippen LogP contribution in [0.3, 0.4) is 0 Å². The third-order valence-corrected chi connectivity index (χ3v) is 5.37. The molecule has 5 aromatic rings. The van der Waals surface area contributed by atoms with Crippen LogP contribution < -0.4 is 19.6 Å². The number of carbonyl (C=O) groups is 2. The van der Waals surface area contributed by atoms with Crippen molar-refractivity contribution in [1.82, 2.24) is 9.97 Å². The molecule has 0 atom stereocenters. The second kappa shape index (κ2) is 10.1. The van der Waals surface area contributed by atoms with E-state index in [9.17, 15) is 14.4 Å². The topological polar surface area (TPSA) is 118 Å². The van der Waals surface area contributed by atoms with Crippen LogP contribution in [-0.2, 0) is 0 Å². The van der Waals surface area contributed by atoms with Gasteiger partial charge in [0.05, 0.1) is 18.2 Å². The summed E-state index contributed by atoms with van der Waals surface area (Å²) >= 11 is 0. The van der Waals surface area contributed by atoms with Crippen LogP contribution in [0, 0.1) is 0 Å². The van der Waals surface area contributed by atoms with Crippen LogP contribution in [0.1, 0.15) is 20.7 Å². The standard InChI is InChI=1S/C28H18N2O7/c1-34-26-24(31)23-21(7-2-8-22(23)37-28(33)19-6-4-14-30-16-19)36-25(26)17-9-11-20(12-10-17)35-27(32)18-5-3-13-29-15-18/h2-16H,1H3. The van der Waals surface area contributed by atoms with Crippen LogP contribution in [0.2, 0.25) is 0 Å². The Balaban J connectivity index is 1.48. The summed E-state index contributed by atoms with van der Waals surface area (Å²) in [7, 11) is 1.34. The van der Waals surface area contributed by atoms with Crippen molar-refractivity contribution in [2.24, 2.45) is 0 Å². The molecule has 0 saturated heterocycles. The first-order chi connectivity index (χ1) is 18.0. The Morgan fingerprint density at radius 3 is 2.03 bits per heavy atom. The molecule has 5 rings (SSSR count). The predicted octanol–water partition coefficient (Wildman–Crippen LogP) is 4.70. The lowest BCUT2D eigenvalue weighted by Gasteiger charge is -2.12.